The number of methoxy groups -OCH3 is 1. The van der Waals surface area contributed by atoms with Crippen molar-refractivity contribution in [2.45, 2.75) is 26.3 Å². The highest BCUT2D eigenvalue weighted by molar-refractivity contribution is 5.74. The Bertz CT molecular complexity index is 867. The van der Waals surface area contributed by atoms with E-state index in [1.165, 1.54) is 11.1 Å². The van der Waals surface area contributed by atoms with Gasteiger partial charge in [0, 0.05) is 39.0 Å². The minimum absolute atomic E-state index is 0.144. The summed E-state index contributed by atoms with van der Waals surface area (Å²) in [5, 5.41) is 0. The molecule has 2 aromatic rings. The molecule has 2 aliphatic rings. The highest BCUT2D eigenvalue weighted by Gasteiger charge is 2.48. The van der Waals surface area contributed by atoms with Gasteiger partial charge in [-0.3, -0.25) is 9.69 Å². The van der Waals surface area contributed by atoms with Crippen molar-refractivity contribution in [2.75, 3.05) is 39.9 Å². The molecule has 0 spiro atoms. The van der Waals surface area contributed by atoms with Crippen molar-refractivity contribution in [1.82, 2.24) is 9.80 Å². The molecule has 2 fully saturated rings. The highest BCUT2D eigenvalue weighted by Crippen LogP contribution is 2.45. The maximum atomic E-state index is 12.3. The number of amides is 1. The van der Waals surface area contributed by atoms with Crippen molar-refractivity contribution in [3.05, 3.63) is 59.7 Å². The second-order valence-corrected chi connectivity index (χ2v) is 8.38. The van der Waals surface area contributed by atoms with Gasteiger partial charge in [0.1, 0.15) is 18.1 Å². The van der Waals surface area contributed by atoms with E-state index in [0.29, 0.717) is 18.4 Å². The summed E-state index contributed by atoms with van der Waals surface area (Å²) < 4.78 is 11.4. The molecular weight excluding hydrogens is 376 g/mol. The molecule has 30 heavy (non-hydrogen) atoms. The monoisotopic (exact) mass is 408 g/mol. The average Bonchev–Trinajstić information content (AvgIpc) is 3.32. The lowest BCUT2D eigenvalue weighted by Gasteiger charge is -2.29. The molecule has 4 rings (SSSR count). The molecule has 3 atom stereocenters. The summed E-state index contributed by atoms with van der Waals surface area (Å²) in [5.74, 6) is 2.99. The van der Waals surface area contributed by atoms with Crippen LogP contribution in [0.3, 0.4) is 0 Å². The zero-order chi connectivity index (χ0) is 21.1. The van der Waals surface area contributed by atoms with E-state index < -0.39 is 0 Å². The van der Waals surface area contributed by atoms with Gasteiger partial charge in [0.2, 0.25) is 5.91 Å². The Hall–Kier alpha value is -2.53. The Morgan fingerprint density at radius 3 is 2.53 bits per heavy atom. The molecule has 0 unspecified atom stereocenters. The van der Waals surface area contributed by atoms with Crippen molar-refractivity contribution >= 4 is 5.91 Å². The van der Waals surface area contributed by atoms with E-state index in [1.807, 2.05) is 18.2 Å². The number of carbonyl (C=O) groups is 1. The Morgan fingerprint density at radius 1 is 1.07 bits per heavy atom. The lowest BCUT2D eigenvalue weighted by atomic mass is 9.89. The first-order valence-electron chi connectivity index (χ1n) is 10.9. The molecule has 2 saturated heterocycles. The van der Waals surface area contributed by atoms with Crippen LogP contribution in [0.15, 0.2) is 48.5 Å². The number of aryl methyl sites for hydroxylation is 1. The molecule has 0 aromatic heterocycles. The Labute approximate surface area is 179 Å². The first-order chi connectivity index (χ1) is 14.6. The second-order valence-electron chi connectivity index (χ2n) is 8.38. The van der Waals surface area contributed by atoms with Crippen molar-refractivity contribution in [1.29, 1.82) is 0 Å². The van der Waals surface area contributed by atoms with Crippen LogP contribution < -0.4 is 9.47 Å². The quantitative estimate of drug-likeness (QED) is 0.699. The van der Waals surface area contributed by atoms with Crippen LogP contribution in [0.25, 0.3) is 0 Å². The predicted octanol–water partition coefficient (Wildman–Crippen LogP) is 3.79. The normalized spacial score (nSPS) is 23.4. The molecular formula is C25H32N2O3. The molecule has 0 aliphatic carbocycles. The number of hydrogen-bond donors (Lipinski definition) is 0. The average molecular weight is 409 g/mol. The summed E-state index contributed by atoms with van der Waals surface area (Å²) in [6, 6.07) is 16.6. The van der Waals surface area contributed by atoms with Crippen LogP contribution in [0.5, 0.6) is 11.5 Å². The van der Waals surface area contributed by atoms with Crippen LogP contribution in [0.1, 0.15) is 31.0 Å². The summed E-state index contributed by atoms with van der Waals surface area (Å²) in [4.78, 5) is 16.9. The van der Waals surface area contributed by atoms with Gasteiger partial charge in [-0.05, 0) is 41.7 Å². The van der Waals surface area contributed by atoms with Crippen molar-refractivity contribution in [3.63, 3.8) is 0 Å². The smallest absolute Gasteiger partial charge is 0.219 e. The minimum Gasteiger partial charge on any atom is -0.497 e. The van der Waals surface area contributed by atoms with Gasteiger partial charge in [-0.1, -0.05) is 37.3 Å². The maximum absolute atomic E-state index is 12.3. The van der Waals surface area contributed by atoms with Crippen molar-refractivity contribution in [3.8, 4) is 11.5 Å². The third-order valence-corrected chi connectivity index (χ3v) is 6.62. The third kappa shape index (κ3) is 4.17. The van der Waals surface area contributed by atoms with E-state index in [-0.39, 0.29) is 11.9 Å². The predicted molar refractivity (Wildman–Crippen MR) is 118 cm³/mol. The number of carbonyl (C=O) groups excluding carboxylic acids is 1. The molecule has 0 saturated carbocycles. The number of para-hydroxylation sites is 1. The van der Waals surface area contributed by atoms with Gasteiger partial charge in [0.15, 0.2) is 0 Å². The van der Waals surface area contributed by atoms with Gasteiger partial charge in [-0.15, -0.1) is 0 Å². The summed E-state index contributed by atoms with van der Waals surface area (Å²) in [6.07, 6.45) is 0.981. The summed E-state index contributed by atoms with van der Waals surface area (Å²) in [6.45, 7) is 8.33. The summed E-state index contributed by atoms with van der Waals surface area (Å²) in [7, 11) is 1.68. The number of ether oxygens (including phenoxy) is 2. The number of fused-ring (bicyclic) bond motifs is 1. The van der Waals surface area contributed by atoms with E-state index in [2.05, 4.69) is 47.1 Å². The van der Waals surface area contributed by atoms with Crippen LogP contribution in [0.4, 0.5) is 0 Å². The third-order valence-electron chi connectivity index (χ3n) is 6.62. The SMILES string of the molecule is CCc1ccccc1OCCN1C[C@@H]2CN(C(C)=O)[C@@H](c3ccc(OC)cc3)[C@@H]2C1. The number of rotatable bonds is 7. The molecule has 0 radical (unpaired) electrons. The molecule has 0 bridgehead atoms. The highest BCUT2D eigenvalue weighted by atomic mass is 16.5. The van der Waals surface area contributed by atoms with E-state index in [0.717, 1.165) is 44.1 Å². The fraction of sp³-hybridized carbons (Fsp3) is 0.480. The molecule has 1 amide bonds. The molecule has 2 aromatic carbocycles. The van der Waals surface area contributed by atoms with Gasteiger partial charge in [0.05, 0.1) is 13.2 Å². The van der Waals surface area contributed by atoms with E-state index >= 15 is 0 Å². The van der Waals surface area contributed by atoms with E-state index in [4.69, 9.17) is 9.47 Å². The lowest BCUT2D eigenvalue weighted by molar-refractivity contribution is -0.130. The molecule has 160 valence electrons. The number of likely N-dealkylation sites (tertiary alicyclic amines) is 2. The fourth-order valence-corrected chi connectivity index (χ4v) is 5.09. The lowest BCUT2D eigenvalue weighted by Crippen LogP contribution is -2.35. The van der Waals surface area contributed by atoms with Crippen LogP contribution in [0, 0.1) is 11.8 Å². The minimum atomic E-state index is 0.144. The first kappa shape index (κ1) is 20.7. The zero-order valence-electron chi connectivity index (χ0n) is 18.2. The van der Waals surface area contributed by atoms with E-state index in [9.17, 15) is 4.79 Å². The number of nitrogens with zero attached hydrogens (tertiary/aromatic N) is 2. The molecule has 5 heteroatoms. The van der Waals surface area contributed by atoms with Gasteiger partial charge in [-0.2, -0.15) is 0 Å². The summed E-state index contributed by atoms with van der Waals surface area (Å²) in [5.41, 5.74) is 2.46. The van der Waals surface area contributed by atoms with Crippen molar-refractivity contribution in [2.24, 2.45) is 11.8 Å². The summed E-state index contributed by atoms with van der Waals surface area (Å²) >= 11 is 0. The van der Waals surface area contributed by atoms with Gasteiger partial charge >= 0.3 is 0 Å². The standard InChI is InChI=1S/C25H32N2O3/c1-4-19-7-5-6-8-24(19)30-14-13-26-15-21-16-27(18(2)28)25(23(21)17-26)20-9-11-22(29-3)12-10-20/h5-12,21,23,25H,4,13-17H2,1-3H3/t21-,23-,25+/m1/s1. The maximum Gasteiger partial charge on any atom is 0.219 e. The van der Waals surface area contributed by atoms with Crippen LogP contribution in [-0.2, 0) is 11.2 Å². The largest absolute Gasteiger partial charge is 0.497 e. The van der Waals surface area contributed by atoms with Crippen molar-refractivity contribution < 1.29 is 14.3 Å². The molecule has 2 heterocycles. The second kappa shape index (κ2) is 9.09. The number of hydrogen-bond acceptors (Lipinski definition) is 4. The Morgan fingerprint density at radius 2 is 1.83 bits per heavy atom. The van der Waals surface area contributed by atoms with Gasteiger partial charge < -0.3 is 14.4 Å². The first-order valence-corrected chi connectivity index (χ1v) is 10.9. The van der Waals surface area contributed by atoms with Crippen LogP contribution in [0.2, 0.25) is 0 Å². The van der Waals surface area contributed by atoms with Gasteiger partial charge in [0.25, 0.3) is 0 Å². The zero-order valence-corrected chi connectivity index (χ0v) is 18.2. The molecule has 2 aliphatic heterocycles. The molecule has 5 nitrogen and oxygen atoms in total. The van der Waals surface area contributed by atoms with Crippen LogP contribution in [-0.4, -0.2) is 55.6 Å². The topological polar surface area (TPSA) is 42.0 Å². The van der Waals surface area contributed by atoms with Crippen LogP contribution >= 0.6 is 0 Å². The number of benzene rings is 2. The van der Waals surface area contributed by atoms with Gasteiger partial charge in [-0.25, -0.2) is 0 Å². The van der Waals surface area contributed by atoms with E-state index in [1.54, 1.807) is 14.0 Å². The molecule has 0 N–H and O–H groups in total. The fourth-order valence-electron chi connectivity index (χ4n) is 5.09. The Kier molecular flexibility index (Phi) is 6.28. The Balaban J connectivity index is 1.40.